The van der Waals surface area contributed by atoms with Crippen LogP contribution in [0, 0.1) is 0 Å². The molecule has 0 heterocycles. The van der Waals surface area contributed by atoms with Crippen LogP contribution in [0.4, 0.5) is 34.1 Å². The highest BCUT2D eigenvalue weighted by atomic mass is 16.2. The number of hydrogen-bond donors (Lipinski definition) is 6. The van der Waals surface area contributed by atoms with Gasteiger partial charge in [-0.15, -0.1) is 0 Å². The van der Waals surface area contributed by atoms with Crippen molar-refractivity contribution in [3.8, 4) is 22.3 Å². The molecular formula is C46H38N6O2. The first-order valence-corrected chi connectivity index (χ1v) is 17.3. The number of amides is 2. The molecule has 0 spiro atoms. The Morgan fingerprint density at radius 2 is 0.704 bits per heavy atom. The van der Waals surface area contributed by atoms with Crippen LogP contribution in [-0.2, 0) is 0 Å². The Morgan fingerprint density at radius 3 is 1.06 bits per heavy atom. The van der Waals surface area contributed by atoms with Gasteiger partial charge in [0.1, 0.15) is 0 Å². The third-order valence-corrected chi connectivity index (χ3v) is 9.01. The van der Waals surface area contributed by atoms with E-state index in [4.69, 9.17) is 22.9 Å². The Bertz CT molecular complexity index is 2400. The lowest BCUT2D eigenvalue weighted by Crippen LogP contribution is -2.15. The summed E-state index contributed by atoms with van der Waals surface area (Å²) in [5, 5.41) is 10.4. The topological polar surface area (TPSA) is 162 Å². The van der Waals surface area contributed by atoms with Crippen molar-refractivity contribution >= 4 is 67.5 Å². The minimum atomic E-state index is -0.325. The minimum Gasteiger partial charge on any atom is -0.399 e. The van der Waals surface area contributed by atoms with Gasteiger partial charge in [-0.1, -0.05) is 91.0 Å². The lowest BCUT2D eigenvalue weighted by Gasteiger charge is -2.17. The molecule has 2 amide bonds. The lowest BCUT2D eigenvalue weighted by molar-refractivity contribution is 0.102. The molecule has 264 valence electrons. The summed E-state index contributed by atoms with van der Waals surface area (Å²) in [5.74, 6) is -0.650. The van der Waals surface area contributed by atoms with E-state index in [-0.39, 0.29) is 11.8 Å². The minimum absolute atomic E-state index is 0.325. The smallest absolute Gasteiger partial charge is 0.255 e. The van der Waals surface area contributed by atoms with Gasteiger partial charge in [0.05, 0.1) is 0 Å². The van der Waals surface area contributed by atoms with E-state index in [9.17, 15) is 9.59 Å². The molecule has 0 aliphatic heterocycles. The molecule has 0 radical (unpaired) electrons. The maximum atomic E-state index is 12.4. The Labute approximate surface area is 313 Å². The van der Waals surface area contributed by atoms with Gasteiger partial charge in [-0.05, 0) is 123 Å². The van der Waals surface area contributed by atoms with E-state index in [2.05, 4.69) is 83.4 Å². The zero-order chi connectivity index (χ0) is 37.6. The predicted octanol–water partition coefficient (Wildman–Crippen LogP) is 9.85. The quantitative estimate of drug-likeness (QED) is 0.0745. The van der Waals surface area contributed by atoms with E-state index < -0.39 is 0 Å². The van der Waals surface area contributed by atoms with Gasteiger partial charge in [-0.2, -0.15) is 0 Å². The molecule has 0 atom stereocenters. The molecule has 0 bridgehead atoms. The first-order chi connectivity index (χ1) is 26.2. The average Bonchev–Trinajstić information content (AvgIpc) is 3.18. The van der Waals surface area contributed by atoms with Crippen LogP contribution in [0.3, 0.4) is 0 Å². The second-order valence-corrected chi connectivity index (χ2v) is 12.8. The molecule has 0 aliphatic rings. The van der Waals surface area contributed by atoms with E-state index in [0.29, 0.717) is 33.9 Å². The monoisotopic (exact) mass is 706 g/mol. The number of nitrogen functional groups attached to an aromatic ring is 4. The fraction of sp³-hybridized carbons (Fsp3) is 0. The van der Waals surface area contributed by atoms with Gasteiger partial charge in [0.25, 0.3) is 11.8 Å². The van der Waals surface area contributed by atoms with Crippen molar-refractivity contribution < 1.29 is 9.59 Å². The van der Waals surface area contributed by atoms with Crippen molar-refractivity contribution in [1.29, 1.82) is 0 Å². The third-order valence-electron chi connectivity index (χ3n) is 9.01. The number of rotatable bonds is 6. The molecule has 0 aliphatic carbocycles. The first kappa shape index (κ1) is 34.9. The van der Waals surface area contributed by atoms with Crippen molar-refractivity contribution in [3.63, 3.8) is 0 Å². The standard InChI is InChI=1S/C26H20N2.C20H18N4O2/c27-19-13-9-17(10-14-19)25-21-5-1-2-6-22(21)26(18-11-15-20(28)16-12-18)24-8-4-3-7-23(24)25;21-15-6-2-8-17(11-15)23-19(25)13-4-1-5-14(10-13)20(26)24-18-9-3-7-16(22)12-18/h1-16H,27-28H2;1-12H,21-22H2,(H,23,25)(H,24,26). The molecule has 0 saturated carbocycles. The number of benzene rings is 8. The van der Waals surface area contributed by atoms with Gasteiger partial charge >= 0.3 is 0 Å². The molecule has 8 rings (SSSR count). The highest BCUT2D eigenvalue weighted by molar-refractivity contribution is 6.21. The number of nitrogens with two attached hydrogens (primary N) is 4. The molecule has 54 heavy (non-hydrogen) atoms. The largest absolute Gasteiger partial charge is 0.399 e. The van der Waals surface area contributed by atoms with Crippen LogP contribution >= 0.6 is 0 Å². The summed E-state index contributed by atoms with van der Waals surface area (Å²) in [6.07, 6.45) is 0. The van der Waals surface area contributed by atoms with Crippen molar-refractivity contribution in [2.24, 2.45) is 0 Å². The summed E-state index contributed by atoms with van der Waals surface area (Å²) >= 11 is 0. The molecule has 8 nitrogen and oxygen atoms in total. The second kappa shape index (κ2) is 15.3. The normalized spacial score (nSPS) is 10.7. The number of anilines is 6. The van der Waals surface area contributed by atoms with Gasteiger partial charge < -0.3 is 33.6 Å². The Balaban J connectivity index is 0.000000167. The summed E-state index contributed by atoms with van der Waals surface area (Å²) < 4.78 is 0. The maximum Gasteiger partial charge on any atom is 0.255 e. The van der Waals surface area contributed by atoms with E-state index in [1.54, 1.807) is 66.7 Å². The molecule has 8 aromatic rings. The summed E-state index contributed by atoms with van der Waals surface area (Å²) in [6.45, 7) is 0. The van der Waals surface area contributed by atoms with Crippen molar-refractivity contribution in [3.05, 3.63) is 181 Å². The Kier molecular flexibility index (Phi) is 9.90. The summed E-state index contributed by atoms with van der Waals surface area (Å²) in [6, 6.07) is 53.7. The molecule has 8 heteroatoms. The lowest BCUT2D eigenvalue weighted by atomic mass is 9.86. The van der Waals surface area contributed by atoms with Gasteiger partial charge in [0.2, 0.25) is 0 Å². The van der Waals surface area contributed by atoms with Gasteiger partial charge in [0.15, 0.2) is 0 Å². The fourth-order valence-electron chi connectivity index (χ4n) is 6.49. The second-order valence-electron chi connectivity index (χ2n) is 12.8. The van der Waals surface area contributed by atoms with Crippen LogP contribution in [0.5, 0.6) is 0 Å². The van der Waals surface area contributed by atoms with Crippen LogP contribution in [0.1, 0.15) is 20.7 Å². The SMILES string of the molecule is Nc1ccc(-c2c3ccccc3c(-c3ccc(N)cc3)c3ccccc23)cc1.Nc1cccc(NC(=O)c2cccc(C(=O)Nc3cccc(N)c3)c2)c1. The van der Waals surface area contributed by atoms with Crippen molar-refractivity contribution in [2.75, 3.05) is 33.6 Å². The number of hydrogen-bond acceptors (Lipinski definition) is 6. The summed E-state index contributed by atoms with van der Waals surface area (Å²) in [7, 11) is 0. The van der Waals surface area contributed by atoms with Gasteiger partial charge in [-0.3, -0.25) is 9.59 Å². The van der Waals surface area contributed by atoms with Crippen LogP contribution in [0.2, 0.25) is 0 Å². The van der Waals surface area contributed by atoms with Crippen LogP contribution < -0.4 is 33.6 Å². The Hall–Kier alpha value is -7.58. The third kappa shape index (κ3) is 7.68. The first-order valence-electron chi connectivity index (χ1n) is 17.3. The molecule has 0 fully saturated rings. The van der Waals surface area contributed by atoms with E-state index in [0.717, 1.165) is 11.4 Å². The highest BCUT2D eigenvalue weighted by Crippen LogP contribution is 2.43. The molecule has 8 aromatic carbocycles. The van der Waals surface area contributed by atoms with Crippen molar-refractivity contribution in [2.45, 2.75) is 0 Å². The maximum absolute atomic E-state index is 12.4. The fourth-order valence-corrected chi connectivity index (χ4v) is 6.49. The average molecular weight is 707 g/mol. The zero-order valence-electron chi connectivity index (χ0n) is 29.3. The van der Waals surface area contributed by atoms with E-state index in [1.165, 1.54) is 49.9 Å². The number of carbonyl (C=O) groups excluding carboxylic acids is 2. The van der Waals surface area contributed by atoms with E-state index >= 15 is 0 Å². The number of nitrogens with one attached hydrogen (secondary N) is 2. The number of carbonyl (C=O) groups is 2. The van der Waals surface area contributed by atoms with Crippen molar-refractivity contribution in [1.82, 2.24) is 0 Å². The van der Waals surface area contributed by atoms with Crippen LogP contribution in [0.25, 0.3) is 43.8 Å². The molecule has 0 aromatic heterocycles. The van der Waals surface area contributed by atoms with Gasteiger partial charge in [0, 0.05) is 45.3 Å². The highest BCUT2D eigenvalue weighted by Gasteiger charge is 2.16. The van der Waals surface area contributed by atoms with Crippen LogP contribution in [0.15, 0.2) is 170 Å². The predicted molar refractivity (Wildman–Crippen MR) is 225 cm³/mol. The van der Waals surface area contributed by atoms with Crippen LogP contribution in [-0.4, -0.2) is 11.8 Å². The number of fused-ring (bicyclic) bond motifs is 2. The summed E-state index contributed by atoms with van der Waals surface area (Å²) in [4.78, 5) is 24.8. The molecule has 10 N–H and O–H groups in total. The molecule has 0 saturated heterocycles. The Morgan fingerprint density at radius 1 is 0.352 bits per heavy atom. The zero-order valence-corrected chi connectivity index (χ0v) is 29.3. The molecule has 0 unspecified atom stereocenters. The van der Waals surface area contributed by atoms with E-state index in [1.807, 2.05) is 24.3 Å². The summed E-state index contributed by atoms with van der Waals surface area (Å²) in [5.41, 5.74) is 32.7. The van der Waals surface area contributed by atoms with Gasteiger partial charge in [-0.25, -0.2) is 0 Å². The molecular weight excluding hydrogens is 669 g/mol.